The van der Waals surface area contributed by atoms with E-state index in [4.69, 9.17) is 15.7 Å². The van der Waals surface area contributed by atoms with Crippen LogP contribution in [-0.4, -0.2) is 19.1 Å². The Balaban J connectivity index is 1.84. The number of nitrogens with zero attached hydrogens (tertiary/aromatic N) is 1. The smallest absolute Gasteiger partial charge is 0.257 e. The van der Waals surface area contributed by atoms with Gasteiger partial charge >= 0.3 is 0 Å². The molecule has 0 aromatic heterocycles. The molecule has 1 amide bonds. The van der Waals surface area contributed by atoms with Crippen LogP contribution in [0.5, 0.6) is 5.75 Å². The van der Waals surface area contributed by atoms with Gasteiger partial charge < -0.3 is 15.8 Å². The normalized spacial score (nSPS) is 16.5. The summed E-state index contributed by atoms with van der Waals surface area (Å²) in [5.74, 6) is 0.468. The van der Waals surface area contributed by atoms with Crippen molar-refractivity contribution in [1.29, 1.82) is 5.26 Å². The van der Waals surface area contributed by atoms with Crippen LogP contribution < -0.4 is 15.8 Å². The summed E-state index contributed by atoms with van der Waals surface area (Å²) in [5.41, 5.74) is 8.33. The van der Waals surface area contributed by atoms with Crippen molar-refractivity contribution >= 4 is 5.91 Å². The van der Waals surface area contributed by atoms with E-state index >= 15 is 0 Å². The van der Waals surface area contributed by atoms with E-state index in [9.17, 15) is 4.79 Å². The second kappa shape index (κ2) is 6.21. The average Bonchev–Trinajstić information content (AvgIpc) is 2.78. The molecule has 1 aromatic carbocycles. The monoisotopic (exact) mass is 259 g/mol. The molecule has 1 unspecified atom stereocenters. The van der Waals surface area contributed by atoms with Gasteiger partial charge in [0.1, 0.15) is 5.75 Å². The molecular formula is C14H17N3O2. The molecule has 5 nitrogen and oxygen atoms in total. The number of carbonyl (C=O) groups is 1. The van der Waals surface area contributed by atoms with Crippen molar-refractivity contribution in [2.24, 2.45) is 5.73 Å². The van der Waals surface area contributed by atoms with Gasteiger partial charge in [0.05, 0.1) is 12.5 Å². The molecule has 1 atom stereocenters. The van der Waals surface area contributed by atoms with Gasteiger partial charge in [-0.05, 0) is 36.1 Å². The summed E-state index contributed by atoms with van der Waals surface area (Å²) in [6.07, 6.45) is 2.23. The zero-order chi connectivity index (χ0) is 13.7. The van der Waals surface area contributed by atoms with Gasteiger partial charge in [-0.1, -0.05) is 6.07 Å². The Morgan fingerprint density at radius 3 is 3.21 bits per heavy atom. The third-order valence-electron chi connectivity index (χ3n) is 3.17. The largest absolute Gasteiger partial charge is 0.484 e. The van der Waals surface area contributed by atoms with Crippen molar-refractivity contribution in [3.63, 3.8) is 0 Å². The Morgan fingerprint density at radius 2 is 2.42 bits per heavy atom. The number of rotatable bonds is 5. The minimum Gasteiger partial charge on any atom is -0.484 e. The van der Waals surface area contributed by atoms with E-state index in [0.29, 0.717) is 18.7 Å². The van der Waals surface area contributed by atoms with Crippen LogP contribution in [0.4, 0.5) is 0 Å². The van der Waals surface area contributed by atoms with E-state index < -0.39 is 0 Å². The van der Waals surface area contributed by atoms with Gasteiger partial charge in [-0.15, -0.1) is 0 Å². The zero-order valence-electron chi connectivity index (χ0n) is 10.7. The third-order valence-corrected chi connectivity index (χ3v) is 3.17. The summed E-state index contributed by atoms with van der Waals surface area (Å²) >= 11 is 0. The van der Waals surface area contributed by atoms with Gasteiger partial charge in [-0.2, -0.15) is 5.26 Å². The molecule has 100 valence electrons. The molecule has 0 saturated heterocycles. The van der Waals surface area contributed by atoms with Crippen molar-refractivity contribution in [3.05, 3.63) is 29.3 Å². The fourth-order valence-corrected chi connectivity index (χ4v) is 2.17. The second-order valence-corrected chi connectivity index (χ2v) is 4.55. The van der Waals surface area contributed by atoms with Gasteiger partial charge in [-0.25, -0.2) is 0 Å². The van der Waals surface area contributed by atoms with Crippen molar-refractivity contribution < 1.29 is 9.53 Å². The number of nitriles is 1. The number of nitrogens with two attached hydrogens (primary N) is 1. The molecule has 0 radical (unpaired) electrons. The van der Waals surface area contributed by atoms with Crippen LogP contribution in [0.15, 0.2) is 18.2 Å². The molecule has 19 heavy (non-hydrogen) atoms. The summed E-state index contributed by atoms with van der Waals surface area (Å²) in [5, 5.41) is 11.0. The highest BCUT2D eigenvalue weighted by atomic mass is 16.5. The topological polar surface area (TPSA) is 88.1 Å². The van der Waals surface area contributed by atoms with Crippen LogP contribution in [0, 0.1) is 11.3 Å². The predicted octanol–water partition coefficient (Wildman–Crippen LogP) is 1.04. The Bertz CT molecular complexity index is 508. The minimum absolute atomic E-state index is 0.0315. The first-order valence-corrected chi connectivity index (χ1v) is 6.35. The molecule has 1 aliphatic carbocycles. The number of ether oxygens (including phenoxy) is 1. The maximum Gasteiger partial charge on any atom is 0.257 e. The molecule has 0 spiro atoms. The van der Waals surface area contributed by atoms with Gasteiger partial charge in [0.15, 0.2) is 6.61 Å². The summed E-state index contributed by atoms with van der Waals surface area (Å²) in [6, 6.07) is 7.84. The molecule has 0 aliphatic heterocycles. The van der Waals surface area contributed by atoms with Gasteiger partial charge in [0.2, 0.25) is 0 Å². The van der Waals surface area contributed by atoms with Crippen LogP contribution >= 0.6 is 0 Å². The van der Waals surface area contributed by atoms with Crippen LogP contribution in [0.25, 0.3) is 0 Å². The standard InChI is InChI=1S/C14H17N3O2/c15-6-1-7-17-14(18)9-19-11-3-4-12-10(8-11)2-5-13(12)16/h3-4,8,13H,1-2,5,7,9,16H2,(H,17,18). The number of carbonyl (C=O) groups excluding carboxylic acids is 1. The summed E-state index contributed by atoms with van der Waals surface area (Å²) in [4.78, 5) is 11.4. The fourth-order valence-electron chi connectivity index (χ4n) is 2.17. The summed E-state index contributed by atoms with van der Waals surface area (Å²) in [6.45, 7) is 0.327. The molecular weight excluding hydrogens is 242 g/mol. The van der Waals surface area contributed by atoms with Crippen molar-refractivity contribution in [2.45, 2.75) is 25.3 Å². The molecule has 0 fully saturated rings. The molecule has 3 N–H and O–H groups in total. The van der Waals surface area contributed by atoms with Crippen LogP contribution in [-0.2, 0) is 11.2 Å². The lowest BCUT2D eigenvalue weighted by molar-refractivity contribution is -0.123. The molecule has 0 saturated carbocycles. The first kappa shape index (κ1) is 13.4. The van der Waals surface area contributed by atoms with E-state index in [1.165, 1.54) is 11.1 Å². The molecule has 0 heterocycles. The molecule has 5 heteroatoms. The number of fused-ring (bicyclic) bond motifs is 1. The molecule has 2 rings (SSSR count). The van der Waals surface area contributed by atoms with Gasteiger partial charge in [-0.3, -0.25) is 4.79 Å². The van der Waals surface area contributed by atoms with E-state index in [0.717, 1.165) is 12.8 Å². The average molecular weight is 259 g/mol. The second-order valence-electron chi connectivity index (χ2n) is 4.55. The Labute approximate surface area is 112 Å². The maximum absolute atomic E-state index is 11.4. The number of hydrogen-bond acceptors (Lipinski definition) is 4. The van der Waals surface area contributed by atoms with Gasteiger partial charge in [0.25, 0.3) is 5.91 Å². The SMILES string of the molecule is N#CCCNC(=O)COc1ccc2c(c1)CCC2N. The van der Waals surface area contributed by atoms with Crippen molar-refractivity contribution in [2.75, 3.05) is 13.2 Å². The minimum atomic E-state index is -0.215. The van der Waals surface area contributed by atoms with Gasteiger partial charge in [0, 0.05) is 12.6 Å². The zero-order valence-corrected chi connectivity index (χ0v) is 10.7. The van der Waals surface area contributed by atoms with E-state index in [1.807, 2.05) is 24.3 Å². The number of hydrogen-bond donors (Lipinski definition) is 2. The third kappa shape index (κ3) is 3.46. The number of amides is 1. The highest BCUT2D eigenvalue weighted by molar-refractivity contribution is 5.77. The van der Waals surface area contributed by atoms with Crippen LogP contribution in [0.3, 0.4) is 0 Å². The highest BCUT2D eigenvalue weighted by Gasteiger charge is 2.19. The van der Waals surface area contributed by atoms with E-state index in [2.05, 4.69) is 5.32 Å². The molecule has 1 aliphatic rings. The highest BCUT2D eigenvalue weighted by Crippen LogP contribution is 2.31. The summed E-state index contributed by atoms with van der Waals surface area (Å²) < 4.78 is 5.42. The van der Waals surface area contributed by atoms with Crippen molar-refractivity contribution in [3.8, 4) is 11.8 Å². The van der Waals surface area contributed by atoms with E-state index in [1.54, 1.807) is 0 Å². The number of nitrogens with one attached hydrogen (secondary N) is 1. The van der Waals surface area contributed by atoms with Crippen LogP contribution in [0.1, 0.15) is 30.0 Å². The molecule has 1 aromatic rings. The predicted molar refractivity (Wildman–Crippen MR) is 70.4 cm³/mol. The first-order chi connectivity index (χ1) is 9.20. The number of aryl methyl sites for hydroxylation is 1. The van der Waals surface area contributed by atoms with Crippen LogP contribution in [0.2, 0.25) is 0 Å². The first-order valence-electron chi connectivity index (χ1n) is 6.35. The Morgan fingerprint density at radius 1 is 1.58 bits per heavy atom. The van der Waals surface area contributed by atoms with Crippen molar-refractivity contribution in [1.82, 2.24) is 5.32 Å². The fraction of sp³-hybridized carbons (Fsp3) is 0.429. The summed E-state index contributed by atoms with van der Waals surface area (Å²) in [7, 11) is 0. The van der Waals surface area contributed by atoms with E-state index in [-0.39, 0.29) is 18.6 Å². The quantitative estimate of drug-likeness (QED) is 0.773. The Kier molecular flexibility index (Phi) is 4.37. The lowest BCUT2D eigenvalue weighted by Gasteiger charge is -2.09. The molecule has 0 bridgehead atoms. The number of benzene rings is 1. The Hall–Kier alpha value is -2.06. The lowest BCUT2D eigenvalue weighted by atomic mass is 10.1. The maximum atomic E-state index is 11.4. The lowest BCUT2D eigenvalue weighted by Crippen LogP contribution is -2.29.